The van der Waals surface area contributed by atoms with Crippen LogP contribution in [0.1, 0.15) is 0 Å². The van der Waals surface area contributed by atoms with Crippen LogP contribution >= 0.6 is 0 Å². The molecule has 0 aliphatic rings. The second-order valence-electron chi connectivity index (χ2n) is 14.1. The quantitative estimate of drug-likeness (QED) is 0.166. The summed E-state index contributed by atoms with van der Waals surface area (Å²) in [5, 5.41) is 6.62. The fraction of sp³-hybridized carbons (Fsp3) is 0. The molecule has 5 aromatic heterocycles. The van der Waals surface area contributed by atoms with Gasteiger partial charge in [-0.25, -0.2) is 19.9 Å². The van der Waals surface area contributed by atoms with Crippen molar-refractivity contribution in [1.82, 2.24) is 24.9 Å². The van der Waals surface area contributed by atoms with E-state index in [2.05, 4.69) is 145 Å². The van der Waals surface area contributed by atoms with Gasteiger partial charge in [-0.05, 0) is 70.4 Å². The Bertz CT molecular complexity index is 3310. The summed E-state index contributed by atoms with van der Waals surface area (Å²) in [4.78, 5) is 24.9. The maximum atomic E-state index is 5.30. The third kappa shape index (κ3) is 5.53. The van der Waals surface area contributed by atoms with E-state index in [9.17, 15) is 0 Å². The summed E-state index contributed by atoms with van der Waals surface area (Å²) in [5.41, 5.74) is 13.8. The first-order chi connectivity index (χ1) is 27.7. The second-order valence-corrected chi connectivity index (χ2v) is 14.1. The summed E-state index contributed by atoms with van der Waals surface area (Å²) in [6.07, 6.45) is 3.62. The Morgan fingerprint density at radius 1 is 0.304 bits per heavy atom. The van der Waals surface area contributed by atoms with Crippen molar-refractivity contribution in [3.63, 3.8) is 0 Å². The van der Waals surface area contributed by atoms with E-state index in [1.807, 2.05) is 42.6 Å². The molecule has 0 unspecified atom stereocenters. The molecule has 0 fully saturated rings. The van der Waals surface area contributed by atoms with E-state index in [1.54, 1.807) is 6.20 Å². The summed E-state index contributed by atoms with van der Waals surface area (Å²) in [6.45, 7) is 0. The van der Waals surface area contributed by atoms with E-state index in [-0.39, 0.29) is 0 Å². The summed E-state index contributed by atoms with van der Waals surface area (Å²) in [6, 6.07) is 61.4. The molecule has 0 aliphatic carbocycles. The van der Waals surface area contributed by atoms with E-state index in [4.69, 9.17) is 19.9 Å². The Hall–Kier alpha value is -7.63. The molecule has 11 rings (SSSR count). The molecule has 0 spiro atoms. The lowest BCUT2D eigenvalue weighted by Crippen LogP contribution is -1.92. The van der Waals surface area contributed by atoms with Crippen molar-refractivity contribution in [1.29, 1.82) is 0 Å². The minimum Gasteiger partial charge on any atom is -0.264 e. The zero-order valence-corrected chi connectivity index (χ0v) is 30.1. The highest BCUT2D eigenvalue weighted by molar-refractivity contribution is 6.08. The van der Waals surface area contributed by atoms with Gasteiger partial charge >= 0.3 is 0 Å². The summed E-state index contributed by atoms with van der Waals surface area (Å²) in [5.74, 6) is 0. The topological polar surface area (TPSA) is 64.5 Å². The maximum Gasteiger partial charge on any atom is 0.0972 e. The number of hydrogen-bond donors (Lipinski definition) is 0. The lowest BCUT2D eigenvalue weighted by Gasteiger charge is -2.13. The van der Waals surface area contributed by atoms with Crippen molar-refractivity contribution < 1.29 is 0 Å². The molecule has 5 nitrogen and oxygen atoms in total. The van der Waals surface area contributed by atoms with Gasteiger partial charge in [0, 0.05) is 56.2 Å². The van der Waals surface area contributed by atoms with E-state index in [0.717, 1.165) is 111 Å². The van der Waals surface area contributed by atoms with E-state index >= 15 is 0 Å². The van der Waals surface area contributed by atoms with Gasteiger partial charge in [0.25, 0.3) is 0 Å². The lowest BCUT2D eigenvalue weighted by molar-refractivity contribution is 1.30. The predicted molar refractivity (Wildman–Crippen MR) is 230 cm³/mol. The molecule has 0 saturated heterocycles. The Morgan fingerprint density at radius 3 is 1.50 bits per heavy atom. The molecule has 0 radical (unpaired) electrons. The van der Waals surface area contributed by atoms with Crippen LogP contribution in [0, 0.1) is 0 Å². The van der Waals surface area contributed by atoms with Gasteiger partial charge in [0.2, 0.25) is 0 Å². The maximum absolute atomic E-state index is 5.30. The van der Waals surface area contributed by atoms with Crippen LogP contribution in [0.3, 0.4) is 0 Å². The van der Waals surface area contributed by atoms with Crippen LogP contribution in [0.4, 0.5) is 0 Å². The average molecular weight is 714 g/mol. The van der Waals surface area contributed by atoms with Gasteiger partial charge in [-0.15, -0.1) is 0 Å². The number of hydrogen-bond acceptors (Lipinski definition) is 5. The van der Waals surface area contributed by atoms with Crippen LogP contribution in [-0.2, 0) is 0 Å². The SMILES string of the molecule is c1ccc(-c2ccc3ccc4ccc(-c5ccc(-c6ccc7ccc(-c8ccc9ccc(-c%10cccnc%10)nc9c8)nc7c6)c6ccccc56)nc4c3n2)cc1. The number of fused-ring (bicyclic) bond motifs is 6. The number of nitrogens with zero attached hydrogens (tertiary/aromatic N) is 5. The molecule has 56 heavy (non-hydrogen) atoms. The van der Waals surface area contributed by atoms with Crippen LogP contribution < -0.4 is 0 Å². The number of benzene rings is 6. The second kappa shape index (κ2) is 13.0. The zero-order chi connectivity index (χ0) is 37.0. The highest BCUT2D eigenvalue weighted by Crippen LogP contribution is 2.38. The third-order valence-corrected chi connectivity index (χ3v) is 10.7. The Balaban J connectivity index is 0.985. The Kier molecular flexibility index (Phi) is 7.42. The van der Waals surface area contributed by atoms with Crippen LogP contribution in [0.5, 0.6) is 0 Å². The first kappa shape index (κ1) is 31.9. The highest BCUT2D eigenvalue weighted by atomic mass is 14.8. The summed E-state index contributed by atoms with van der Waals surface area (Å²) in [7, 11) is 0. The molecule has 0 amide bonds. The average Bonchev–Trinajstić information content (AvgIpc) is 3.28. The minimum atomic E-state index is 0.899. The number of pyridine rings is 5. The molecule has 0 atom stereocenters. The molecular weight excluding hydrogens is 683 g/mol. The molecule has 5 heteroatoms. The smallest absolute Gasteiger partial charge is 0.0972 e. The first-order valence-electron chi connectivity index (χ1n) is 18.7. The molecule has 0 N–H and O–H groups in total. The van der Waals surface area contributed by atoms with Crippen molar-refractivity contribution in [2.45, 2.75) is 0 Å². The highest BCUT2D eigenvalue weighted by Gasteiger charge is 2.14. The standard InChI is InChI=1S/C51H31N5/c1-2-7-32(8-3-1)44-26-20-35-14-15-36-21-27-47(56-51(36)50(35)55-44)43-23-22-40(41-10-4-5-11-42(41)43)37-16-12-33-18-24-45(53-48(33)29-37)38-17-13-34-19-25-46(54-49(34)30-38)39-9-6-28-52-31-39/h1-31H. The molecule has 11 aromatic rings. The number of rotatable bonds is 5. The molecular formula is C51H31N5. The van der Waals surface area contributed by atoms with Crippen LogP contribution in [-0.4, -0.2) is 24.9 Å². The molecule has 5 heterocycles. The Morgan fingerprint density at radius 2 is 0.804 bits per heavy atom. The van der Waals surface area contributed by atoms with Crippen LogP contribution in [0.25, 0.3) is 111 Å². The van der Waals surface area contributed by atoms with Crippen molar-refractivity contribution in [3.05, 3.63) is 188 Å². The molecule has 260 valence electrons. The van der Waals surface area contributed by atoms with E-state index < -0.39 is 0 Å². The Labute approximate surface area is 322 Å². The normalized spacial score (nSPS) is 11.6. The molecule has 0 aliphatic heterocycles. The summed E-state index contributed by atoms with van der Waals surface area (Å²) >= 11 is 0. The molecule has 0 saturated carbocycles. The molecule has 6 aromatic carbocycles. The lowest BCUT2D eigenvalue weighted by atomic mass is 9.93. The van der Waals surface area contributed by atoms with Gasteiger partial charge in [0.15, 0.2) is 0 Å². The summed E-state index contributed by atoms with van der Waals surface area (Å²) < 4.78 is 0. The van der Waals surface area contributed by atoms with Crippen LogP contribution in [0.2, 0.25) is 0 Å². The largest absolute Gasteiger partial charge is 0.264 e. The monoisotopic (exact) mass is 713 g/mol. The fourth-order valence-electron chi connectivity index (χ4n) is 7.86. The van der Waals surface area contributed by atoms with Crippen molar-refractivity contribution >= 4 is 54.4 Å². The van der Waals surface area contributed by atoms with Gasteiger partial charge < -0.3 is 0 Å². The number of aromatic nitrogens is 5. The van der Waals surface area contributed by atoms with E-state index in [0.29, 0.717) is 0 Å². The first-order valence-corrected chi connectivity index (χ1v) is 18.7. The van der Waals surface area contributed by atoms with Crippen LogP contribution in [0.15, 0.2) is 188 Å². The minimum absolute atomic E-state index is 0.899. The zero-order valence-electron chi connectivity index (χ0n) is 30.1. The predicted octanol–water partition coefficient (Wildman–Crippen LogP) is 12.8. The molecule has 0 bridgehead atoms. The van der Waals surface area contributed by atoms with Gasteiger partial charge in [0.1, 0.15) is 0 Å². The van der Waals surface area contributed by atoms with Crippen molar-refractivity contribution in [3.8, 4) is 56.2 Å². The fourth-order valence-corrected chi connectivity index (χ4v) is 7.86. The van der Waals surface area contributed by atoms with E-state index in [1.165, 1.54) is 0 Å². The van der Waals surface area contributed by atoms with Gasteiger partial charge in [-0.3, -0.25) is 4.98 Å². The van der Waals surface area contributed by atoms with Crippen molar-refractivity contribution in [2.75, 3.05) is 0 Å². The van der Waals surface area contributed by atoms with Gasteiger partial charge in [-0.2, -0.15) is 0 Å². The van der Waals surface area contributed by atoms with Crippen molar-refractivity contribution in [2.24, 2.45) is 0 Å². The van der Waals surface area contributed by atoms with Gasteiger partial charge in [-0.1, -0.05) is 127 Å². The van der Waals surface area contributed by atoms with Gasteiger partial charge in [0.05, 0.1) is 44.8 Å². The third-order valence-electron chi connectivity index (χ3n) is 10.7.